The number of nitrogens with one attached hydrogen (secondary N) is 3. The number of aryl methyl sites for hydroxylation is 1. The highest BCUT2D eigenvalue weighted by atomic mass is 16.6. The molecule has 0 spiro atoms. The van der Waals surface area contributed by atoms with E-state index in [9.17, 15) is 29.6 Å². The summed E-state index contributed by atoms with van der Waals surface area (Å²) < 4.78 is 5.15. The van der Waals surface area contributed by atoms with E-state index >= 15 is 0 Å². The molecule has 4 N–H and O–H groups in total. The zero-order chi connectivity index (χ0) is 21.6. The Hall–Kier alpha value is -3.96. The fraction of sp³-hybridized carbons (Fsp3) is 0.294. The molecule has 0 atom stereocenters. The maximum Gasteiger partial charge on any atom is 0.325 e. The molecule has 0 unspecified atom stereocenters. The molecule has 0 bridgehead atoms. The Balaban J connectivity index is 2.06. The van der Waals surface area contributed by atoms with Gasteiger partial charge in [-0.2, -0.15) is 5.10 Å². The van der Waals surface area contributed by atoms with Crippen molar-refractivity contribution in [3.63, 3.8) is 0 Å². The number of nitrogens with zero attached hydrogens (tertiary/aromatic N) is 2. The summed E-state index contributed by atoms with van der Waals surface area (Å²) in [5.41, 5.74) is 1.36. The molecule has 0 saturated carbocycles. The first-order valence-electron chi connectivity index (χ1n) is 8.51. The number of H-pyrrole nitrogens is 2. The number of phenols is 1. The number of benzene rings is 1. The number of rotatable bonds is 8. The maximum absolute atomic E-state index is 11.9. The molecule has 29 heavy (non-hydrogen) atoms. The van der Waals surface area contributed by atoms with Crippen LogP contribution in [0.5, 0.6) is 11.5 Å². The second-order valence-corrected chi connectivity index (χ2v) is 5.88. The molecule has 0 aliphatic rings. The van der Waals surface area contributed by atoms with Gasteiger partial charge in [0.1, 0.15) is 0 Å². The number of ether oxygens (including phenoxy) is 1. The summed E-state index contributed by atoms with van der Waals surface area (Å²) in [7, 11) is 0. The molecule has 0 radical (unpaired) electrons. The summed E-state index contributed by atoms with van der Waals surface area (Å²) in [5.74, 6) is -1.19. The predicted octanol–water partition coefficient (Wildman–Crippen LogP) is 0.467. The molecule has 12 nitrogen and oxygen atoms in total. The quantitative estimate of drug-likeness (QED) is 0.280. The number of hydrazone groups is 1. The van der Waals surface area contributed by atoms with Gasteiger partial charge in [-0.15, -0.1) is 0 Å². The maximum atomic E-state index is 11.9. The molecular formula is C17H19N5O7. The van der Waals surface area contributed by atoms with Gasteiger partial charge >= 0.3 is 11.4 Å². The third kappa shape index (κ3) is 5.51. The largest absolute Gasteiger partial charge is 0.500 e. The molecule has 12 heteroatoms. The highest BCUT2D eigenvalue weighted by Gasteiger charge is 2.19. The van der Waals surface area contributed by atoms with Crippen LogP contribution in [-0.4, -0.2) is 38.7 Å². The van der Waals surface area contributed by atoms with Gasteiger partial charge in [0.2, 0.25) is 11.7 Å². The smallest absolute Gasteiger partial charge is 0.325 e. The van der Waals surface area contributed by atoms with E-state index in [4.69, 9.17) is 4.74 Å². The van der Waals surface area contributed by atoms with Crippen molar-refractivity contribution in [2.24, 2.45) is 5.10 Å². The second-order valence-electron chi connectivity index (χ2n) is 5.88. The standard InChI is InChI=1S/C17H19N5O7/c1-3-29-13-7-10(6-12(15(13)24)22(27)28)8-18-21-14(23)5-4-11-9(2)19-17(26)20-16(11)25/h6-8,24H,3-5H2,1-2H3,(H,21,23)(H2,19,20,25,26)/b18-8+. The zero-order valence-electron chi connectivity index (χ0n) is 15.6. The molecule has 0 fully saturated rings. The third-order valence-corrected chi connectivity index (χ3v) is 3.83. The van der Waals surface area contributed by atoms with Gasteiger partial charge in [0.25, 0.3) is 5.56 Å². The summed E-state index contributed by atoms with van der Waals surface area (Å²) >= 11 is 0. The van der Waals surface area contributed by atoms with Crippen molar-refractivity contribution in [2.75, 3.05) is 6.61 Å². The first-order valence-corrected chi connectivity index (χ1v) is 8.51. The number of hydrogen-bond donors (Lipinski definition) is 4. The number of phenolic OH excluding ortho intramolecular Hbond substituents is 1. The molecule has 1 heterocycles. The molecule has 1 aromatic carbocycles. The van der Waals surface area contributed by atoms with E-state index in [1.807, 2.05) is 0 Å². The Kier molecular flexibility index (Phi) is 6.85. The number of amides is 1. The van der Waals surface area contributed by atoms with Crippen LogP contribution in [0.15, 0.2) is 26.8 Å². The number of carbonyl (C=O) groups is 1. The van der Waals surface area contributed by atoms with E-state index in [1.165, 1.54) is 6.07 Å². The fourth-order valence-electron chi connectivity index (χ4n) is 2.49. The number of carbonyl (C=O) groups excluding carboxylic acids is 1. The number of aromatic hydroxyl groups is 1. The Labute approximate surface area is 163 Å². The van der Waals surface area contributed by atoms with Crippen molar-refractivity contribution in [1.29, 1.82) is 0 Å². The highest BCUT2D eigenvalue weighted by Crippen LogP contribution is 2.36. The van der Waals surface area contributed by atoms with Crippen LogP contribution < -0.4 is 21.4 Å². The minimum Gasteiger partial charge on any atom is -0.500 e. The number of aromatic amines is 2. The van der Waals surface area contributed by atoms with E-state index in [2.05, 4.69) is 20.5 Å². The molecule has 2 rings (SSSR count). The number of nitro benzene ring substituents is 1. The van der Waals surface area contributed by atoms with Crippen molar-refractivity contribution in [3.8, 4) is 11.5 Å². The normalized spacial score (nSPS) is 10.8. The van der Waals surface area contributed by atoms with E-state index in [0.29, 0.717) is 5.69 Å². The SMILES string of the molecule is CCOc1cc(/C=N/NC(=O)CCc2c(C)[nH]c(=O)[nH]c2=O)cc([N+](=O)[O-])c1O. The predicted molar refractivity (Wildman–Crippen MR) is 102 cm³/mol. The van der Waals surface area contributed by atoms with Gasteiger partial charge in [-0.3, -0.25) is 24.7 Å². The van der Waals surface area contributed by atoms with Gasteiger partial charge in [-0.05, 0) is 26.3 Å². The summed E-state index contributed by atoms with van der Waals surface area (Å²) in [4.78, 5) is 49.6. The van der Waals surface area contributed by atoms with Crippen molar-refractivity contribution in [2.45, 2.75) is 26.7 Å². The van der Waals surface area contributed by atoms with Crippen molar-refractivity contribution in [3.05, 3.63) is 59.9 Å². The summed E-state index contributed by atoms with van der Waals surface area (Å²) in [6, 6.07) is 2.42. The minimum atomic E-state index is -0.766. The van der Waals surface area contributed by atoms with Gasteiger partial charge in [0, 0.05) is 29.3 Å². The lowest BCUT2D eigenvalue weighted by atomic mass is 10.1. The van der Waals surface area contributed by atoms with Crippen molar-refractivity contribution < 1.29 is 19.6 Å². The zero-order valence-corrected chi connectivity index (χ0v) is 15.6. The van der Waals surface area contributed by atoms with Gasteiger partial charge < -0.3 is 14.8 Å². The first-order chi connectivity index (χ1) is 13.7. The monoisotopic (exact) mass is 405 g/mol. The van der Waals surface area contributed by atoms with Crippen LogP contribution in [0, 0.1) is 17.0 Å². The van der Waals surface area contributed by atoms with Gasteiger partial charge in [0.05, 0.1) is 17.7 Å². The van der Waals surface area contributed by atoms with Crippen LogP contribution in [0.25, 0.3) is 0 Å². The number of aromatic nitrogens is 2. The number of nitro groups is 1. The van der Waals surface area contributed by atoms with Crippen molar-refractivity contribution in [1.82, 2.24) is 15.4 Å². The van der Waals surface area contributed by atoms with Gasteiger partial charge in [-0.1, -0.05) is 0 Å². The van der Waals surface area contributed by atoms with Gasteiger partial charge in [0.15, 0.2) is 5.75 Å². The Morgan fingerprint density at radius 1 is 1.38 bits per heavy atom. The summed E-state index contributed by atoms with van der Waals surface area (Å²) in [6.07, 6.45) is 1.16. The third-order valence-electron chi connectivity index (χ3n) is 3.83. The summed E-state index contributed by atoms with van der Waals surface area (Å²) in [5, 5.41) is 24.6. The Bertz CT molecular complexity index is 1070. The van der Waals surface area contributed by atoms with Gasteiger partial charge in [-0.25, -0.2) is 10.2 Å². The van der Waals surface area contributed by atoms with Crippen LogP contribution >= 0.6 is 0 Å². The molecule has 0 aliphatic heterocycles. The fourth-order valence-corrected chi connectivity index (χ4v) is 2.49. The lowest BCUT2D eigenvalue weighted by Gasteiger charge is -2.07. The molecule has 0 aliphatic carbocycles. The molecule has 2 aromatic rings. The molecular weight excluding hydrogens is 386 g/mol. The van der Waals surface area contributed by atoms with Crippen LogP contribution in [0.1, 0.15) is 30.2 Å². The van der Waals surface area contributed by atoms with Crippen LogP contribution in [0.4, 0.5) is 5.69 Å². The molecule has 1 amide bonds. The van der Waals surface area contributed by atoms with E-state index in [0.717, 1.165) is 12.3 Å². The average molecular weight is 405 g/mol. The van der Waals surface area contributed by atoms with Crippen LogP contribution in [0.2, 0.25) is 0 Å². The first kappa shape index (κ1) is 21.3. The minimum absolute atomic E-state index is 0.0762. The molecule has 1 aromatic heterocycles. The van der Waals surface area contributed by atoms with Crippen LogP contribution in [-0.2, 0) is 11.2 Å². The topological polar surface area (TPSA) is 180 Å². The second kappa shape index (κ2) is 9.30. The highest BCUT2D eigenvalue weighted by molar-refractivity contribution is 5.84. The lowest BCUT2D eigenvalue weighted by Crippen LogP contribution is -2.28. The lowest BCUT2D eigenvalue weighted by molar-refractivity contribution is -0.386. The molecule has 154 valence electrons. The van der Waals surface area contributed by atoms with E-state index in [-0.39, 0.29) is 36.3 Å². The van der Waals surface area contributed by atoms with E-state index < -0.39 is 33.5 Å². The Morgan fingerprint density at radius 2 is 2.10 bits per heavy atom. The van der Waals surface area contributed by atoms with Crippen LogP contribution in [0.3, 0.4) is 0 Å². The van der Waals surface area contributed by atoms with E-state index in [1.54, 1.807) is 13.8 Å². The summed E-state index contributed by atoms with van der Waals surface area (Å²) in [6.45, 7) is 3.39. The average Bonchev–Trinajstić information content (AvgIpc) is 2.63. The number of hydrogen-bond acceptors (Lipinski definition) is 8. The molecule has 0 saturated heterocycles. The van der Waals surface area contributed by atoms with Crippen molar-refractivity contribution >= 4 is 17.8 Å². The Morgan fingerprint density at radius 3 is 2.72 bits per heavy atom.